The number of nitrogens with one attached hydrogen (secondary N) is 1. The molecule has 0 aromatic rings. The van der Waals surface area contributed by atoms with Crippen molar-refractivity contribution in [1.29, 1.82) is 0 Å². The third-order valence-corrected chi connectivity index (χ3v) is 2.93. The SMILES string of the molecule is COC(=O)CC(C=O)NC(=O)C1CCCN1C. The highest BCUT2D eigenvalue weighted by molar-refractivity contribution is 5.86. The summed E-state index contributed by atoms with van der Waals surface area (Å²) in [5, 5.41) is 2.55. The van der Waals surface area contributed by atoms with Crippen LogP contribution in [0.2, 0.25) is 0 Å². The number of likely N-dealkylation sites (tertiary alicyclic amines) is 1. The van der Waals surface area contributed by atoms with Crippen LogP contribution in [0.3, 0.4) is 0 Å². The molecule has 0 saturated carbocycles. The van der Waals surface area contributed by atoms with E-state index in [0.29, 0.717) is 6.29 Å². The fourth-order valence-electron chi connectivity index (χ4n) is 1.92. The lowest BCUT2D eigenvalue weighted by atomic mass is 10.1. The van der Waals surface area contributed by atoms with E-state index in [-0.39, 0.29) is 18.4 Å². The summed E-state index contributed by atoms with van der Waals surface area (Å²) in [6.45, 7) is 0.876. The quantitative estimate of drug-likeness (QED) is 0.511. The second kappa shape index (κ2) is 6.34. The van der Waals surface area contributed by atoms with Gasteiger partial charge in [-0.25, -0.2) is 0 Å². The molecule has 6 nitrogen and oxygen atoms in total. The minimum absolute atomic E-state index is 0.123. The summed E-state index contributed by atoms with van der Waals surface area (Å²) in [6.07, 6.45) is 2.19. The average Bonchev–Trinajstić information content (AvgIpc) is 2.74. The Balaban J connectivity index is 2.47. The van der Waals surface area contributed by atoms with E-state index < -0.39 is 12.0 Å². The summed E-state index contributed by atoms with van der Waals surface area (Å²) in [6, 6.07) is -1.00. The Morgan fingerprint density at radius 2 is 2.29 bits per heavy atom. The molecule has 1 rings (SSSR count). The van der Waals surface area contributed by atoms with Gasteiger partial charge in [0.05, 0.1) is 25.6 Å². The monoisotopic (exact) mass is 242 g/mol. The first-order chi connectivity index (χ1) is 8.08. The maximum Gasteiger partial charge on any atom is 0.308 e. The molecule has 0 aromatic carbocycles. The molecule has 0 spiro atoms. The van der Waals surface area contributed by atoms with Crippen LogP contribution in [0.1, 0.15) is 19.3 Å². The van der Waals surface area contributed by atoms with Crippen molar-refractivity contribution in [2.24, 2.45) is 0 Å². The van der Waals surface area contributed by atoms with Crippen LogP contribution in [0, 0.1) is 0 Å². The molecular weight excluding hydrogens is 224 g/mol. The molecule has 0 radical (unpaired) electrons. The fraction of sp³-hybridized carbons (Fsp3) is 0.727. The number of hydrogen-bond acceptors (Lipinski definition) is 5. The van der Waals surface area contributed by atoms with E-state index in [9.17, 15) is 14.4 Å². The number of esters is 1. The zero-order chi connectivity index (χ0) is 12.8. The van der Waals surface area contributed by atoms with E-state index in [2.05, 4.69) is 10.1 Å². The molecule has 6 heteroatoms. The third kappa shape index (κ3) is 3.81. The number of nitrogens with zero attached hydrogens (tertiary/aromatic N) is 1. The zero-order valence-corrected chi connectivity index (χ0v) is 10.1. The molecule has 1 fully saturated rings. The van der Waals surface area contributed by atoms with Gasteiger partial charge in [0.1, 0.15) is 6.29 Å². The zero-order valence-electron chi connectivity index (χ0n) is 10.1. The molecule has 1 heterocycles. The molecule has 96 valence electrons. The molecule has 1 aliphatic heterocycles. The fourth-order valence-corrected chi connectivity index (χ4v) is 1.92. The summed E-state index contributed by atoms with van der Waals surface area (Å²) >= 11 is 0. The highest BCUT2D eigenvalue weighted by Gasteiger charge is 2.29. The smallest absolute Gasteiger partial charge is 0.308 e. The lowest BCUT2D eigenvalue weighted by Crippen LogP contribution is -2.47. The standard InChI is InChI=1S/C11H18N2O4/c1-13-5-3-4-9(13)11(16)12-8(7-14)6-10(15)17-2/h7-9H,3-6H2,1-2H3,(H,12,16). The molecule has 0 aliphatic carbocycles. The second-order valence-electron chi connectivity index (χ2n) is 4.17. The van der Waals surface area contributed by atoms with Crippen molar-refractivity contribution < 1.29 is 19.1 Å². The summed E-state index contributed by atoms with van der Waals surface area (Å²) in [5.74, 6) is -0.715. The Morgan fingerprint density at radius 1 is 1.59 bits per heavy atom. The molecule has 2 atom stereocenters. The van der Waals surface area contributed by atoms with Crippen LogP contribution < -0.4 is 5.32 Å². The van der Waals surface area contributed by atoms with Crippen molar-refractivity contribution in [3.05, 3.63) is 0 Å². The molecule has 2 unspecified atom stereocenters. The van der Waals surface area contributed by atoms with Crippen LogP contribution in [0.5, 0.6) is 0 Å². The second-order valence-corrected chi connectivity index (χ2v) is 4.17. The largest absolute Gasteiger partial charge is 0.469 e. The van der Waals surface area contributed by atoms with E-state index in [4.69, 9.17) is 0 Å². The van der Waals surface area contributed by atoms with Crippen molar-refractivity contribution in [3.8, 4) is 0 Å². The molecule has 0 bridgehead atoms. The number of likely N-dealkylation sites (N-methyl/N-ethyl adjacent to an activating group) is 1. The molecule has 1 saturated heterocycles. The molecular formula is C11H18N2O4. The lowest BCUT2D eigenvalue weighted by Gasteiger charge is -2.20. The van der Waals surface area contributed by atoms with Gasteiger partial charge in [0.25, 0.3) is 0 Å². The van der Waals surface area contributed by atoms with E-state index in [1.807, 2.05) is 11.9 Å². The first kappa shape index (κ1) is 13.6. The van der Waals surface area contributed by atoms with Crippen molar-refractivity contribution in [1.82, 2.24) is 10.2 Å². The van der Waals surface area contributed by atoms with E-state index in [1.165, 1.54) is 7.11 Å². The number of rotatable bonds is 5. The maximum absolute atomic E-state index is 11.8. The number of amides is 1. The summed E-state index contributed by atoms with van der Waals surface area (Å²) < 4.78 is 4.45. The van der Waals surface area contributed by atoms with Crippen molar-refractivity contribution in [2.45, 2.75) is 31.3 Å². The van der Waals surface area contributed by atoms with Crippen LogP contribution in [0.4, 0.5) is 0 Å². The molecule has 1 N–H and O–H groups in total. The number of carbonyl (C=O) groups excluding carboxylic acids is 3. The first-order valence-corrected chi connectivity index (χ1v) is 5.61. The van der Waals surface area contributed by atoms with Crippen molar-refractivity contribution in [2.75, 3.05) is 20.7 Å². The Bertz CT molecular complexity index is 306. The molecule has 17 heavy (non-hydrogen) atoms. The normalized spacial score (nSPS) is 21.9. The van der Waals surface area contributed by atoms with Gasteiger partial charge in [0.2, 0.25) is 5.91 Å². The predicted octanol–water partition coefficient (Wildman–Crippen LogP) is -0.673. The van der Waals surface area contributed by atoms with Gasteiger partial charge in [-0.15, -0.1) is 0 Å². The number of ether oxygens (including phenoxy) is 1. The highest BCUT2D eigenvalue weighted by Crippen LogP contribution is 2.14. The van der Waals surface area contributed by atoms with Gasteiger partial charge in [-0.1, -0.05) is 0 Å². The lowest BCUT2D eigenvalue weighted by molar-refractivity contribution is -0.142. The summed E-state index contributed by atoms with van der Waals surface area (Å²) in [5.41, 5.74) is 0. The van der Waals surface area contributed by atoms with Crippen LogP contribution >= 0.6 is 0 Å². The Kier molecular flexibility index (Phi) is 5.09. The van der Waals surface area contributed by atoms with Crippen LogP contribution in [-0.4, -0.2) is 55.8 Å². The van der Waals surface area contributed by atoms with Crippen molar-refractivity contribution in [3.63, 3.8) is 0 Å². The molecule has 0 aromatic heterocycles. The summed E-state index contributed by atoms with van der Waals surface area (Å²) in [7, 11) is 3.12. The van der Waals surface area contributed by atoms with Gasteiger partial charge in [0, 0.05) is 0 Å². The van der Waals surface area contributed by atoms with Crippen molar-refractivity contribution >= 4 is 18.2 Å². The van der Waals surface area contributed by atoms with Gasteiger partial charge in [-0.3, -0.25) is 14.5 Å². The highest BCUT2D eigenvalue weighted by atomic mass is 16.5. The Morgan fingerprint density at radius 3 is 2.76 bits per heavy atom. The van der Waals surface area contributed by atoms with Crippen LogP contribution in [0.25, 0.3) is 0 Å². The number of aldehydes is 1. The van der Waals surface area contributed by atoms with Crippen LogP contribution in [-0.2, 0) is 19.1 Å². The number of methoxy groups -OCH3 is 1. The van der Waals surface area contributed by atoms with Gasteiger partial charge in [-0.05, 0) is 26.4 Å². The van der Waals surface area contributed by atoms with Gasteiger partial charge in [0.15, 0.2) is 0 Å². The van der Waals surface area contributed by atoms with Crippen LogP contribution in [0.15, 0.2) is 0 Å². The minimum atomic E-state index is -0.802. The molecule has 1 aliphatic rings. The van der Waals surface area contributed by atoms with E-state index >= 15 is 0 Å². The number of carbonyl (C=O) groups is 3. The third-order valence-electron chi connectivity index (χ3n) is 2.93. The first-order valence-electron chi connectivity index (χ1n) is 5.61. The van der Waals surface area contributed by atoms with E-state index in [1.54, 1.807) is 0 Å². The average molecular weight is 242 g/mol. The topological polar surface area (TPSA) is 75.7 Å². The van der Waals surface area contributed by atoms with Gasteiger partial charge < -0.3 is 14.8 Å². The Hall–Kier alpha value is -1.43. The van der Waals surface area contributed by atoms with Gasteiger partial charge >= 0.3 is 5.97 Å². The maximum atomic E-state index is 11.8. The Labute approximate surface area is 100 Å². The summed E-state index contributed by atoms with van der Waals surface area (Å²) in [4.78, 5) is 35.5. The minimum Gasteiger partial charge on any atom is -0.469 e. The van der Waals surface area contributed by atoms with E-state index in [0.717, 1.165) is 19.4 Å². The number of hydrogen-bond donors (Lipinski definition) is 1. The molecule has 1 amide bonds. The predicted molar refractivity (Wildman–Crippen MR) is 60.3 cm³/mol. The van der Waals surface area contributed by atoms with Gasteiger partial charge in [-0.2, -0.15) is 0 Å².